The summed E-state index contributed by atoms with van der Waals surface area (Å²) >= 11 is 0. The van der Waals surface area contributed by atoms with Gasteiger partial charge in [-0.1, -0.05) is 0 Å². The van der Waals surface area contributed by atoms with E-state index in [4.69, 9.17) is 0 Å². The molecular weight excluding hydrogens is 137 g/mol. The maximum Gasteiger partial charge on any atom is 0.279 e. The molecule has 0 aliphatic carbocycles. The van der Waals surface area contributed by atoms with Gasteiger partial charge in [0.05, 0.1) is 5.69 Å². The first-order chi connectivity index (χ1) is 4.63. The van der Waals surface area contributed by atoms with E-state index in [2.05, 4.69) is 5.10 Å². The van der Waals surface area contributed by atoms with Crippen LogP contribution in [0.1, 0.15) is 12.1 Å². The number of rotatable bonds is 1. The van der Waals surface area contributed by atoms with E-state index in [9.17, 15) is 8.78 Å². The first-order valence-corrected chi connectivity index (χ1v) is 2.89. The molecule has 0 aliphatic heterocycles. The zero-order chi connectivity index (χ0) is 7.72. The summed E-state index contributed by atoms with van der Waals surface area (Å²) in [5.41, 5.74) is 0.539. The van der Waals surface area contributed by atoms with Crippen LogP contribution in [0.25, 0.3) is 0 Å². The number of alkyl halides is 2. The number of nitrogens with zero attached hydrogens (tertiary/aromatic N) is 2. The summed E-state index contributed by atoms with van der Waals surface area (Å²) in [6.07, 6.45) is -0.992. The lowest BCUT2D eigenvalue weighted by molar-refractivity contribution is 0.142. The second-order valence-corrected chi connectivity index (χ2v) is 2.14. The molecule has 5 heteroatoms. The molecule has 54 valence electrons. The lowest BCUT2D eigenvalue weighted by atomic mass is 9.97. The first kappa shape index (κ1) is 7.24. The van der Waals surface area contributed by atoms with E-state index in [0.29, 0.717) is 5.46 Å². The molecular formula is C5H7BF2N2. The number of aryl methyl sites for hydroxylation is 1. The minimum absolute atomic E-state index is 0.000000000000000222. The van der Waals surface area contributed by atoms with E-state index in [1.54, 1.807) is 7.85 Å². The highest BCUT2D eigenvalue weighted by molar-refractivity contribution is 6.33. The highest BCUT2D eigenvalue weighted by Crippen LogP contribution is 2.13. The Morgan fingerprint density at radius 3 is 2.50 bits per heavy atom. The fourth-order valence-electron chi connectivity index (χ4n) is 0.870. The maximum absolute atomic E-state index is 12.1. The quantitative estimate of drug-likeness (QED) is 0.491. The Bertz CT molecular complexity index is 214. The second kappa shape index (κ2) is 2.40. The molecule has 0 spiro atoms. The van der Waals surface area contributed by atoms with E-state index in [1.807, 2.05) is 0 Å². The predicted octanol–water partition coefficient (Wildman–Crippen LogP) is -0.384. The van der Waals surface area contributed by atoms with Crippen LogP contribution in [0.5, 0.6) is 0 Å². The lowest BCUT2D eigenvalue weighted by Gasteiger charge is -1.99. The summed E-state index contributed by atoms with van der Waals surface area (Å²) in [6, 6.07) is 0. The Balaban J connectivity index is 3.10. The average molecular weight is 144 g/mol. The van der Waals surface area contributed by atoms with Gasteiger partial charge in [-0.25, -0.2) is 8.78 Å². The normalized spacial score (nSPS) is 10.8. The average Bonchev–Trinajstić information content (AvgIpc) is 2.11. The van der Waals surface area contributed by atoms with Gasteiger partial charge in [0.2, 0.25) is 0 Å². The van der Waals surface area contributed by atoms with E-state index in [1.165, 1.54) is 17.9 Å². The first-order valence-electron chi connectivity index (χ1n) is 2.89. The minimum atomic E-state index is -2.42. The van der Waals surface area contributed by atoms with Crippen molar-refractivity contribution in [2.24, 2.45) is 7.05 Å². The third-order valence-corrected chi connectivity index (χ3v) is 1.38. The Labute approximate surface area is 58.3 Å². The SMILES string of the molecule is Bc1cnn(C)c1C(F)F. The smallest absolute Gasteiger partial charge is 0.267 e. The number of hydrogen-bond acceptors (Lipinski definition) is 1. The number of aromatic nitrogens is 2. The molecule has 1 rings (SSSR count). The van der Waals surface area contributed by atoms with Gasteiger partial charge in [-0.15, -0.1) is 0 Å². The molecule has 1 aromatic rings. The second-order valence-electron chi connectivity index (χ2n) is 2.14. The Morgan fingerprint density at radius 2 is 2.30 bits per heavy atom. The van der Waals surface area contributed by atoms with Gasteiger partial charge < -0.3 is 0 Å². The van der Waals surface area contributed by atoms with Crippen LogP contribution in [0.4, 0.5) is 8.78 Å². The van der Waals surface area contributed by atoms with E-state index < -0.39 is 6.43 Å². The zero-order valence-corrected chi connectivity index (χ0v) is 5.81. The van der Waals surface area contributed by atoms with Gasteiger partial charge in [0, 0.05) is 13.2 Å². The summed E-state index contributed by atoms with van der Waals surface area (Å²) in [7, 11) is 3.13. The molecule has 0 saturated heterocycles. The largest absolute Gasteiger partial charge is 0.279 e. The summed E-state index contributed by atoms with van der Waals surface area (Å²) in [6.45, 7) is 0. The Morgan fingerprint density at radius 1 is 1.70 bits per heavy atom. The monoisotopic (exact) mass is 144 g/mol. The molecule has 1 heterocycles. The summed E-state index contributed by atoms with van der Waals surface area (Å²) in [5, 5.41) is 3.67. The Hall–Kier alpha value is -0.865. The summed E-state index contributed by atoms with van der Waals surface area (Å²) < 4.78 is 25.3. The molecule has 0 aromatic carbocycles. The molecule has 0 unspecified atom stereocenters. The molecule has 0 N–H and O–H groups in total. The topological polar surface area (TPSA) is 17.8 Å². The van der Waals surface area contributed by atoms with E-state index >= 15 is 0 Å². The lowest BCUT2D eigenvalue weighted by Crippen LogP contribution is -2.10. The van der Waals surface area contributed by atoms with Gasteiger partial charge in [-0.3, -0.25) is 4.68 Å². The highest BCUT2D eigenvalue weighted by atomic mass is 19.3. The fourth-order valence-corrected chi connectivity index (χ4v) is 0.870. The van der Waals surface area contributed by atoms with Crippen molar-refractivity contribution in [3.63, 3.8) is 0 Å². The summed E-state index contributed by atoms with van der Waals surface area (Å²) in [5.74, 6) is 0. The standard InChI is InChI=1S/C5H7BF2N2/c1-10-4(5(7)8)3(6)2-9-10/h2,5H,6H2,1H3. The van der Waals surface area contributed by atoms with Crippen LogP contribution in [0, 0.1) is 0 Å². The molecule has 0 amide bonds. The van der Waals surface area contributed by atoms with Crippen molar-refractivity contribution in [1.29, 1.82) is 0 Å². The third-order valence-electron chi connectivity index (χ3n) is 1.38. The van der Waals surface area contributed by atoms with Crippen LogP contribution < -0.4 is 5.46 Å². The molecule has 0 atom stereocenters. The van der Waals surface area contributed by atoms with Gasteiger partial charge in [0.15, 0.2) is 0 Å². The van der Waals surface area contributed by atoms with E-state index in [0.717, 1.165) is 0 Å². The van der Waals surface area contributed by atoms with Crippen molar-refractivity contribution in [1.82, 2.24) is 9.78 Å². The van der Waals surface area contributed by atoms with Gasteiger partial charge in [-0.05, 0) is 5.46 Å². The van der Waals surface area contributed by atoms with Gasteiger partial charge >= 0.3 is 0 Å². The molecule has 10 heavy (non-hydrogen) atoms. The van der Waals surface area contributed by atoms with Crippen LogP contribution >= 0.6 is 0 Å². The van der Waals surface area contributed by atoms with Crippen molar-refractivity contribution >= 4 is 13.3 Å². The number of hydrogen-bond donors (Lipinski definition) is 0. The third kappa shape index (κ3) is 1.03. The van der Waals surface area contributed by atoms with Crippen LogP contribution in [0.2, 0.25) is 0 Å². The molecule has 0 fully saturated rings. The molecule has 2 nitrogen and oxygen atoms in total. The molecule has 0 aliphatic rings. The van der Waals surface area contributed by atoms with Crippen LogP contribution in [-0.4, -0.2) is 17.6 Å². The molecule has 0 saturated carbocycles. The van der Waals surface area contributed by atoms with Crippen molar-refractivity contribution in [2.45, 2.75) is 6.43 Å². The van der Waals surface area contributed by atoms with Crippen LogP contribution in [0.3, 0.4) is 0 Å². The van der Waals surface area contributed by atoms with Gasteiger partial charge in [0.1, 0.15) is 7.85 Å². The van der Waals surface area contributed by atoms with Crippen LogP contribution in [-0.2, 0) is 7.05 Å². The van der Waals surface area contributed by atoms with E-state index in [-0.39, 0.29) is 5.69 Å². The Kier molecular flexibility index (Phi) is 1.74. The zero-order valence-electron chi connectivity index (χ0n) is 5.81. The molecule has 1 aromatic heterocycles. The van der Waals surface area contributed by atoms with Crippen molar-refractivity contribution in [3.05, 3.63) is 11.9 Å². The van der Waals surface area contributed by atoms with Crippen LogP contribution in [0.15, 0.2) is 6.20 Å². The predicted molar refractivity (Wildman–Crippen MR) is 36.3 cm³/mol. The fraction of sp³-hybridized carbons (Fsp3) is 0.400. The number of halogens is 2. The summed E-state index contributed by atoms with van der Waals surface area (Å²) in [4.78, 5) is 0. The molecule has 0 bridgehead atoms. The molecule has 0 radical (unpaired) electrons. The maximum atomic E-state index is 12.1. The highest BCUT2D eigenvalue weighted by Gasteiger charge is 2.14. The minimum Gasteiger partial charge on any atom is -0.267 e. The van der Waals surface area contributed by atoms with Crippen molar-refractivity contribution < 1.29 is 8.78 Å². The van der Waals surface area contributed by atoms with Crippen molar-refractivity contribution in [3.8, 4) is 0 Å². The van der Waals surface area contributed by atoms with Gasteiger partial charge in [0.25, 0.3) is 6.43 Å². The van der Waals surface area contributed by atoms with Crippen molar-refractivity contribution in [2.75, 3.05) is 0 Å². The van der Waals surface area contributed by atoms with Gasteiger partial charge in [-0.2, -0.15) is 5.10 Å².